The van der Waals surface area contributed by atoms with Crippen LogP contribution in [0.1, 0.15) is 35.3 Å². The molecule has 0 aliphatic rings. The van der Waals surface area contributed by atoms with Crippen LogP contribution in [0.15, 0.2) is 85.2 Å². The number of aldehydes is 1. The number of rotatable bonds is 3. The molecule has 0 saturated carbocycles. The van der Waals surface area contributed by atoms with Crippen LogP contribution in [-0.2, 0) is 0 Å². The van der Waals surface area contributed by atoms with Crippen molar-refractivity contribution in [2.75, 3.05) is 0 Å². The van der Waals surface area contributed by atoms with Crippen molar-refractivity contribution in [1.82, 2.24) is 15.0 Å². The summed E-state index contributed by atoms with van der Waals surface area (Å²) >= 11 is 0. The normalized spacial score (nSPS) is 9.96. The van der Waals surface area contributed by atoms with Gasteiger partial charge in [0.15, 0.2) is 0 Å². The second kappa shape index (κ2) is 14.3. The van der Waals surface area contributed by atoms with E-state index in [-0.39, 0.29) is 0 Å². The molecular formula is C23H22N4O. The molecule has 5 heteroatoms. The van der Waals surface area contributed by atoms with Crippen LogP contribution in [0.25, 0.3) is 12.2 Å². The molecule has 0 amide bonds. The van der Waals surface area contributed by atoms with Crippen LogP contribution in [0.5, 0.6) is 0 Å². The van der Waals surface area contributed by atoms with Gasteiger partial charge in [-0.25, -0.2) is 0 Å². The second-order valence-corrected chi connectivity index (χ2v) is 5.40. The predicted molar refractivity (Wildman–Crippen MR) is 112 cm³/mol. The summed E-state index contributed by atoms with van der Waals surface area (Å²) in [6, 6.07) is 13.0. The molecule has 3 aromatic rings. The van der Waals surface area contributed by atoms with Gasteiger partial charge in [0.1, 0.15) is 6.29 Å². The fraction of sp³-hybridized carbons (Fsp3) is 0.0870. The molecule has 0 bridgehead atoms. The van der Waals surface area contributed by atoms with E-state index >= 15 is 0 Å². The first-order valence-corrected chi connectivity index (χ1v) is 8.56. The topological polar surface area (TPSA) is 79.5 Å². The van der Waals surface area contributed by atoms with Gasteiger partial charge in [0.2, 0.25) is 0 Å². The molecule has 140 valence electrons. The lowest BCUT2D eigenvalue weighted by molar-refractivity contribution is 0.112. The maximum Gasteiger partial charge on any atom is 0.150 e. The largest absolute Gasteiger partial charge is 0.298 e. The quantitative estimate of drug-likeness (QED) is 0.478. The Hall–Kier alpha value is -3.91. The minimum Gasteiger partial charge on any atom is -0.298 e. The second-order valence-electron chi connectivity index (χ2n) is 5.40. The Balaban J connectivity index is 0.000000213. The van der Waals surface area contributed by atoms with Gasteiger partial charge in [-0.2, -0.15) is 5.26 Å². The zero-order valence-electron chi connectivity index (χ0n) is 15.9. The van der Waals surface area contributed by atoms with Crippen molar-refractivity contribution >= 4 is 18.4 Å². The average molecular weight is 370 g/mol. The Morgan fingerprint density at radius 2 is 1.25 bits per heavy atom. The van der Waals surface area contributed by atoms with E-state index in [0.29, 0.717) is 11.1 Å². The van der Waals surface area contributed by atoms with Gasteiger partial charge in [-0.1, -0.05) is 12.2 Å². The van der Waals surface area contributed by atoms with Crippen LogP contribution >= 0.6 is 0 Å². The number of nitrogens with zero attached hydrogens (tertiary/aromatic N) is 4. The SMILES string of the molecule is CC(C#N)=Cc1ccncc1.CC=Cc1ccncc1.O=Cc1ccncc1. The van der Waals surface area contributed by atoms with Crippen molar-refractivity contribution < 1.29 is 4.79 Å². The van der Waals surface area contributed by atoms with Crippen molar-refractivity contribution in [3.8, 4) is 6.07 Å². The summed E-state index contributed by atoms with van der Waals surface area (Å²) in [7, 11) is 0. The zero-order chi connectivity index (χ0) is 20.5. The Morgan fingerprint density at radius 1 is 0.821 bits per heavy atom. The minimum atomic E-state index is 0.667. The average Bonchev–Trinajstić information content (AvgIpc) is 2.77. The lowest BCUT2D eigenvalue weighted by Crippen LogP contribution is -1.76. The molecule has 0 aliphatic heterocycles. The van der Waals surface area contributed by atoms with Gasteiger partial charge in [0.05, 0.1) is 6.07 Å². The van der Waals surface area contributed by atoms with Crippen molar-refractivity contribution in [3.05, 3.63) is 102 Å². The Bertz CT molecular complexity index is 900. The van der Waals surface area contributed by atoms with Gasteiger partial charge in [-0.3, -0.25) is 19.7 Å². The van der Waals surface area contributed by atoms with E-state index in [1.54, 1.807) is 56.2 Å². The molecule has 28 heavy (non-hydrogen) atoms. The van der Waals surface area contributed by atoms with Gasteiger partial charge in [0, 0.05) is 48.3 Å². The predicted octanol–water partition coefficient (Wildman–Crippen LogP) is 5.02. The van der Waals surface area contributed by atoms with Crippen LogP contribution in [0, 0.1) is 11.3 Å². The standard InChI is InChI=1S/C9H8N2.C8H9N.C6H5NO/c1-8(7-10)6-9-2-4-11-5-3-9;1-2-3-8-4-6-9-7-5-8;8-5-6-1-3-7-4-2-6/h2-6H,1H3;2-7H,1H3;1-5H. The maximum atomic E-state index is 9.98. The summed E-state index contributed by atoms with van der Waals surface area (Å²) in [6.07, 6.45) is 16.8. The maximum absolute atomic E-state index is 9.98. The van der Waals surface area contributed by atoms with Crippen molar-refractivity contribution in [3.63, 3.8) is 0 Å². The molecular weight excluding hydrogens is 348 g/mol. The van der Waals surface area contributed by atoms with E-state index in [0.717, 1.165) is 11.8 Å². The first-order valence-electron chi connectivity index (χ1n) is 8.56. The van der Waals surface area contributed by atoms with E-state index < -0.39 is 0 Å². The lowest BCUT2D eigenvalue weighted by Gasteiger charge is -1.89. The number of carbonyl (C=O) groups excluding carboxylic acids is 1. The van der Waals surface area contributed by atoms with E-state index in [4.69, 9.17) is 5.26 Å². The number of allylic oxidation sites excluding steroid dienone is 2. The molecule has 0 unspecified atom stereocenters. The Labute approximate surface area is 165 Å². The lowest BCUT2D eigenvalue weighted by atomic mass is 10.2. The zero-order valence-corrected chi connectivity index (χ0v) is 15.9. The number of hydrogen-bond acceptors (Lipinski definition) is 5. The highest BCUT2D eigenvalue weighted by Gasteiger charge is 1.86. The summed E-state index contributed by atoms with van der Waals surface area (Å²) in [5.41, 5.74) is 3.59. The van der Waals surface area contributed by atoms with E-state index in [2.05, 4.69) is 21.0 Å². The van der Waals surface area contributed by atoms with Gasteiger partial charge in [-0.15, -0.1) is 0 Å². The molecule has 0 aromatic carbocycles. The number of hydrogen-bond donors (Lipinski definition) is 0. The monoisotopic (exact) mass is 370 g/mol. The number of carbonyl (C=O) groups is 1. The molecule has 0 N–H and O–H groups in total. The van der Waals surface area contributed by atoms with Crippen LogP contribution < -0.4 is 0 Å². The highest BCUT2D eigenvalue weighted by molar-refractivity contribution is 5.73. The molecule has 3 rings (SSSR count). The van der Waals surface area contributed by atoms with Crippen molar-refractivity contribution in [1.29, 1.82) is 5.26 Å². The molecule has 0 aliphatic carbocycles. The smallest absolute Gasteiger partial charge is 0.150 e. The summed E-state index contributed by atoms with van der Waals surface area (Å²) < 4.78 is 0. The third-order valence-corrected chi connectivity index (χ3v) is 3.17. The molecule has 0 radical (unpaired) electrons. The summed E-state index contributed by atoms with van der Waals surface area (Å²) in [4.78, 5) is 21.5. The summed E-state index contributed by atoms with van der Waals surface area (Å²) in [6.45, 7) is 3.78. The summed E-state index contributed by atoms with van der Waals surface area (Å²) in [5, 5.41) is 8.46. The van der Waals surface area contributed by atoms with Crippen LogP contribution in [-0.4, -0.2) is 21.2 Å². The molecule has 0 atom stereocenters. The highest BCUT2D eigenvalue weighted by atomic mass is 16.1. The molecule has 3 aromatic heterocycles. The van der Waals surface area contributed by atoms with E-state index in [9.17, 15) is 4.79 Å². The van der Waals surface area contributed by atoms with Gasteiger partial charge >= 0.3 is 0 Å². The fourth-order valence-electron chi connectivity index (χ4n) is 1.85. The molecule has 0 fully saturated rings. The molecule has 0 saturated heterocycles. The number of aromatic nitrogens is 3. The minimum absolute atomic E-state index is 0.667. The van der Waals surface area contributed by atoms with Gasteiger partial charge < -0.3 is 0 Å². The fourth-order valence-corrected chi connectivity index (χ4v) is 1.85. The highest BCUT2D eigenvalue weighted by Crippen LogP contribution is 2.03. The van der Waals surface area contributed by atoms with E-state index in [1.165, 1.54) is 5.56 Å². The summed E-state index contributed by atoms with van der Waals surface area (Å²) in [5.74, 6) is 0. The van der Waals surface area contributed by atoms with Gasteiger partial charge in [-0.05, 0) is 67.4 Å². The first kappa shape index (κ1) is 22.1. The van der Waals surface area contributed by atoms with E-state index in [1.807, 2.05) is 49.4 Å². The first-order chi connectivity index (χ1) is 13.7. The third kappa shape index (κ3) is 10.2. The third-order valence-electron chi connectivity index (χ3n) is 3.17. The van der Waals surface area contributed by atoms with Gasteiger partial charge in [0.25, 0.3) is 0 Å². The van der Waals surface area contributed by atoms with Crippen LogP contribution in [0.4, 0.5) is 0 Å². The molecule has 0 spiro atoms. The van der Waals surface area contributed by atoms with Crippen molar-refractivity contribution in [2.45, 2.75) is 13.8 Å². The number of nitriles is 1. The number of pyridine rings is 3. The molecule has 5 nitrogen and oxygen atoms in total. The Kier molecular flexibility index (Phi) is 11.3. The van der Waals surface area contributed by atoms with Crippen LogP contribution in [0.3, 0.4) is 0 Å². The van der Waals surface area contributed by atoms with Crippen molar-refractivity contribution in [2.24, 2.45) is 0 Å². The Morgan fingerprint density at radius 3 is 1.61 bits per heavy atom. The molecule has 3 heterocycles. The van der Waals surface area contributed by atoms with Crippen LogP contribution in [0.2, 0.25) is 0 Å².